The van der Waals surface area contributed by atoms with Gasteiger partial charge in [-0.25, -0.2) is 4.79 Å². The Morgan fingerprint density at radius 1 is 1.33 bits per heavy atom. The van der Waals surface area contributed by atoms with Crippen molar-refractivity contribution in [3.8, 4) is 0 Å². The fraction of sp³-hybridized carbons (Fsp3) is 0.588. The Bertz CT molecular complexity index is 802. The molecule has 2 atom stereocenters. The van der Waals surface area contributed by atoms with Crippen molar-refractivity contribution < 1.29 is 23.9 Å². The predicted molar refractivity (Wildman–Crippen MR) is 95.8 cm³/mol. The van der Waals surface area contributed by atoms with Crippen molar-refractivity contribution >= 4 is 29.5 Å². The van der Waals surface area contributed by atoms with Crippen LogP contribution in [0, 0.1) is 13.8 Å². The number of esters is 1. The Labute approximate surface area is 157 Å². The first-order valence-corrected chi connectivity index (χ1v) is 8.64. The number of rotatable bonds is 6. The zero-order chi connectivity index (χ0) is 20.5. The molecule has 2 N–H and O–H groups in total. The highest BCUT2D eigenvalue weighted by molar-refractivity contribution is 6.08. The lowest BCUT2D eigenvalue weighted by Gasteiger charge is -2.19. The molecular weight excluding hydrogens is 354 g/mol. The van der Waals surface area contributed by atoms with Gasteiger partial charge in [-0.1, -0.05) is 6.92 Å². The maximum Gasteiger partial charge on any atom is 0.327 e. The molecule has 0 saturated carbocycles. The summed E-state index contributed by atoms with van der Waals surface area (Å²) in [6.45, 7) is 7.76. The highest BCUT2D eigenvalue weighted by Crippen LogP contribution is 2.21. The van der Waals surface area contributed by atoms with Crippen molar-refractivity contribution in [2.45, 2.75) is 52.7 Å². The Balaban J connectivity index is 1.96. The zero-order valence-electron chi connectivity index (χ0n) is 16.4. The number of anilines is 1. The van der Waals surface area contributed by atoms with Gasteiger partial charge in [0.15, 0.2) is 6.10 Å². The zero-order valence-corrected chi connectivity index (χ0v) is 16.4. The molecule has 0 bridgehead atoms. The summed E-state index contributed by atoms with van der Waals surface area (Å²) in [6.07, 6.45) is -0.707. The Morgan fingerprint density at radius 3 is 2.44 bits per heavy atom. The van der Waals surface area contributed by atoms with E-state index in [-0.39, 0.29) is 0 Å². The lowest BCUT2D eigenvalue weighted by atomic mass is 9.99. The molecule has 1 aromatic heterocycles. The van der Waals surface area contributed by atoms with Crippen molar-refractivity contribution in [1.82, 2.24) is 20.0 Å². The molecule has 27 heavy (non-hydrogen) atoms. The molecule has 1 aliphatic heterocycles. The third-order valence-corrected chi connectivity index (χ3v) is 4.77. The molecule has 0 radical (unpaired) electrons. The summed E-state index contributed by atoms with van der Waals surface area (Å²) in [7, 11) is 1.75. The number of urea groups is 1. The minimum absolute atomic E-state index is 0.395. The van der Waals surface area contributed by atoms with Gasteiger partial charge in [-0.3, -0.25) is 24.0 Å². The van der Waals surface area contributed by atoms with Crippen LogP contribution in [0.25, 0.3) is 0 Å². The fourth-order valence-corrected chi connectivity index (χ4v) is 2.73. The molecule has 2 heterocycles. The number of nitrogens with zero attached hydrogens (tertiary/aromatic N) is 3. The maximum absolute atomic E-state index is 12.3. The predicted octanol–water partition coefficient (Wildman–Crippen LogP) is 0.628. The second kappa shape index (κ2) is 7.37. The second-order valence-corrected chi connectivity index (χ2v) is 6.80. The van der Waals surface area contributed by atoms with E-state index < -0.39 is 42.0 Å². The molecule has 10 nitrogen and oxygen atoms in total. The summed E-state index contributed by atoms with van der Waals surface area (Å²) in [5.74, 6) is -1.87. The van der Waals surface area contributed by atoms with Gasteiger partial charge >= 0.3 is 12.0 Å². The van der Waals surface area contributed by atoms with E-state index in [2.05, 4.69) is 15.7 Å². The molecule has 0 unspecified atom stereocenters. The normalized spacial score (nSPS) is 20.4. The van der Waals surface area contributed by atoms with E-state index in [1.807, 2.05) is 0 Å². The van der Waals surface area contributed by atoms with Crippen LogP contribution in [-0.2, 0) is 26.2 Å². The van der Waals surface area contributed by atoms with Crippen LogP contribution in [0.1, 0.15) is 38.6 Å². The lowest BCUT2D eigenvalue weighted by Crippen LogP contribution is -2.44. The van der Waals surface area contributed by atoms with Crippen molar-refractivity contribution in [2.24, 2.45) is 7.05 Å². The van der Waals surface area contributed by atoms with Gasteiger partial charge in [0.1, 0.15) is 12.1 Å². The molecule has 0 spiro atoms. The lowest BCUT2D eigenvalue weighted by molar-refractivity contribution is -0.155. The monoisotopic (exact) mass is 379 g/mol. The standard InChI is InChI=1S/C17H25N5O5/c1-7-17(5)15(25)22(16(26)19-17)8-12(23)27-11(4)14(24)18-13-9(2)20-21(6)10(13)3/h11H,7-8H2,1-6H3,(H,18,24)(H,19,26)/t11-,17-/m1/s1. The minimum atomic E-state index is -1.10. The molecular formula is C17H25N5O5. The van der Waals surface area contributed by atoms with E-state index in [9.17, 15) is 19.2 Å². The van der Waals surface area contributed by atoms with Gasteiger partial charge in [-0.2, -0.15) is 5.10 Å². The second-order valence-electron chi connectivity index (χ2n) is 6.80. The van der Waals surface area contributed by atoms with Crippen LogP contribution in [0.15, 0.2) is 0 Å². The van der Waals surface area contributed by atoms with Crippen molar-refractivity contribution in [1.29, 1.82) is 0 Å². The first-order valence-electron chi connectivity index (χ1n) is 8.64. The van der Waals surface area contributed by atoms with Gasteiger partial charge in [0.05, 0.1) is 17.1 Å². The average Bonchev–Trinajstić information content (AvgIpc) is 2.96. The molecule has 1 saturated heterocycles. The summed E-state index contributed by atoms with van der Waals surface area (Å²) in [5.41, 5.74) is 0.922. The molecule has 148 valence electrons. The third kappa shape index (κ3) is 3.93. The van der Waals surface area contributed by atoms with Crippen LogP contribution in [0.4, 0.5) is 10.5 Å². The van der Waals surface area contributed by atoms with Crippen LogP contribution in [-0.4, -0.2) is 56.7 Å². The Kier molecular flexibility index (Phi) is 5.57. The van der Waals surface area contributed by atoms with Crippen LogP contribution in [0.3, 0.4) is 0 Å². The van der Waals surface area contributed by atoms with Crippen LogP contribution < -0.4 is 10.6 Å². The van der Waals surface area contributed by atoms with Crippen LogP contribution in [0.5, 0.6) is 0 Å². The quantitative estimate of drug-likeness (QED) is 0.552. The average molecular weight is 379 g/mol. The number of imide groups is 1. The summed E-state index contributed by atoms with van der Waals surface area (Å²) >= 11 is 0. The maximum atomic E-state index is 12.3. The van der Waals surface area contributed by atoms with E-state index in [0.29, 0.717) is 17.8 Å². The number of ether oxygens (including phenoxy) is 1. The molecule has 1 fully saturated rings. The van der Waals surface area contributed by atoms with E-state index in [4.69, 9.17) is 4.74 Å². The number of amides is 4. The SMILES string of the molecule is CC[C@@]1(C)NC(=O)N(CC(=O)O[C@H](C)C(=O)Nc2c(C)nn(C)c2C)C1=O. The summed E-state index contributed by atoms with van der Waals surface area (Å²) < 4.78 is 6.71. The molecule has 1 aromatic rings. The van der Waals surface area contributed by atoms with Crippen molar-refractivity contribution in [2.75, 3.05) is 11.9 Å². The van der Waals surface area contributed by atoms with Crippen molar-refractivity contribution in [3.63, 3.8) is 0 Å². The minimum Gasteiger partial charge on any atom is -0.451 e. The Hall–Kier alpha value is -2.91. The van der Waals surface area contributed by atoms with Crippen LogP contribution >= 0.6 is 0 Å². The van der Waals surface area contributed by atoms with Gasteiger partial charge < -0.3 is 15.4 Å². The van der Waals surface area contributed by atoms with E-state index in [0.717, 1.165) is 10.6 Å². The number of hydrogen-bond acceptors (Lipinski definition) is 6. The smallest absolute Gasteiger partial charge is 0.327 e. The largest absolute Gasteiger partial charge is 0.451 e. The molecule has 2 rings (SSSR count). The third-order valence-electron chi connectivity index (χ3n) is 4.77. The highest BCUT2D eigenvalue weighted by atomic mass is 16.5. The summed E-state index contributed by atoms with van der Waals surface area (Å²) in [5, 5.41) is 9.42. The van der Waals surface area contributed by atoms with E-state index >= 15 is 0 Å². The highest BCUT2D eigenvalue weighted by Gasteiger charge is 2.47. The van der Waals surface area contributed by atoms with E-state index in [1.165, 1.54) is 6.92 Å². The summed E-state index contributed by atoms with van der Waals surface area (Å²) in [6, 6.07) is -0.653. The first kappa shape index (κ1) is 20.4. The van der Waals surface area contributed by atoms with Crippen LogP contribution in [0.2, 0.25) is 0 Å². The molecule has 0 aliphatic carbocycles. The molecule has 0 aromatic carbocycles. The van der Waals surface area contributed by atoms with Gasteiger partial charge in [0, 0.05) is 7.05 Å². The topological polar surface area (TPSA) is 123 Å². The van der Waals surface area contributed by atoms with E-state index in [1.54, 1.807) is 39.4 Å². The number of aromatic nitrogens is 2. The summed E-state index contributed by atoms with van der Waals surface area (Å²) in [4.78, 5) is 49.4. The van der Waals surface area contributed by atoms with Gasteiger partial charge in [0.25, 0.3) is 11.8 Å². The van der Waals surface area contributed by atoms with Gasteiger partial charge in [0.2, 0.25) is 0 Å². The number of nitrogens with one attached hydrogen (secondary N) is 2. The molecule has 10 heteroatoms. The molecule has 4 amide bonds. The fourth-order valence-electron chi connectivity index (χ4n) is 2.73. The van der Waals surface area contributed by atoms with Crippen molar-refractivity contribution in [3.05, 3.63) is 11.4 Å². The Morgan fingerprint density at radius 2 is 1.96 bits per heavy atom. The number of carbonyl (C=O) groups is 4. The number of hydrogen-bond donors (Lipinski definition) is 2. The number of aryl methyl sites for hydroxylation is 2. The van der Waals surface area contributed by atoms with Gasteiger partial charge in [-0.05, 0) is 34.1 Å². The first-order chi connectivity index (χ1) is 12.5. The number of carbonyl (C=O) groups excluding carboxylic acids is 4. The molecule has 1 aliphatic rings. The van der Waals surface area contributed by atoms with Gasteiger partial charge in [-0.15, -0.1) is 0 Å².